The average Bonchev–Trinajstić information content (AvgIpc) is 2.68. The topological polar surface area (TPSA) is 63.8 Å². The van der Waals surface area contributed by atoms with E-state index >= 15 is 0 Å². The van der Waals surface area contributed by atoms with Crippen molar-refractivity contribution in [2.75, 3.05) is 7.05 Å². The average molecular weight is 190 g/mol. The second-order valence-electron chi connectivity index (χ2n) is 2.77. The fraction of sp³-hybridized carbons (Fsp3) is 0.222. The molecule has 0 fully saturated rings. The van der Waals surface area contributed by atoms with Crippen molar-refractivity contribution in [2.24, 2.45) is 0 Å². The quantitative estimate of drug-likeness (QED) is 0.777. The van der Waals surface area contributed by atoms with Crippen LogP contribution >= 0.6 is 0 Å². The molecule has 1 N–H and O–H groups in total. The summed E-state index contributed by atoms with van der Waals surface area (Å²) in [5.74, 6) is 1.11. The van der Waals surface area contributed by atoms with Gasteiger partial charge >= 0.3 is 0 Å². The predicted molar refractivity (Wildman–Crippen MR) is 50.3 cm³/mol. The number of rotatable bonds is 3. The highest BCUT2D eigenvalue weighted by Crippen LogP contribution is 2.15. The summed E-state index contributed by atoms with van der Waals surface area (Å²) in [6.07, 6.45) is 3.38. The van der Waals surface area contributed by atoms with Gasteiger partial charge in [-0.15, -0.1) is 10.2 Å². The van der Waals surface area contributed by atoms with Crippen LogP contribution in [0.15, 0.2) is 28.9 Å². The van der Waals surface area contributed by atoms with E-state index < -0.39 is 0 Å². The minimum Gasteiger partial charge on any atom is -0.419 e. The molecule has 14 heavy (non-hydrogen) atoms. The highest BCUT2D eigenvalue weighted by Gasteiger charge is 2.06. The standard InChI is InChI=1S/C9H10N4O/c1-10-6-8-12-13-9(14-8)7-2-4-11-5-3-7/h2-5,10H,6H2,1H3. The van der Waals surface area contributed by atoms with Crippen LogP contribution in [-0.4, -0.2) is 22.2 Å². The van der Waals surface area contributed by atoms with Crippen molar-refractivity contribution in [2.45, 2.75) is 6.54 Å². The normalized spacial score (nSPS) is 10.4. The van der Waals surface area contributed by atoms with Crippen molar-refractivity contribution in [3.05, 3.63) is 30.4 Å². The SMILES string of the molecule is CNCc1nnc(-c2ccncc2)o1. The summed E-state index contributed by atoms with van der Waals surface area (Å²) in [5, 5.41) is 10.7. The lowest BCUT2D eigenvalue weighted by Crippen LogP contribution is -2.04. The number of hydrogen-bond donors (Lipinski definition) is 1. The Morgan fingerprint density at radius 1 is 1.29 bits per heavy atom. The molecular weight excluding hydrogens is 180 g/mol. The Kier molecular flexibility index (Phi) is 2.51. The fourth-order valence-corrected chi connectivity index (χ4v) is 1.09. The molecule has 2 aromatic rings. The van der Waals surface area contributed by atoms with Gasteiger partial charge in [-0.3, -0.25) is 4.98 Å². The Morgan fingerprint density at radius 3 is 2.79 bits per heavy atom. The molecule has 0 amide bonds. The van der Waals surface area contributed by atoms with Crippen molar-refractivity contribution >= 4 is 0 Å². The molecule has 0 saturated carbocycles. The zero-order chi connectivity index (χ0) is 9.80. The number of aromatic nitrogens is 3. The maximum absolute atomic E-state index is 5.40. The summed E-state index contributed by atoms with van der Waals surface area (Å²) in [6.45, 7) is 0.581. The van der Waals surface area contributed by atoms with Gasteiger partial charge in [-0.05, 0) is 19.2 Å². The van der Waals surface area contributed by atoms with Gasteiger partial charge in [0.05, 0.1) is 6.54 Å². The second-order valence-corrected chi connectivity index (χ2v) is 2.77. The van der Waals surface area contributed by atoms with Gasteiger partial charge in [0, 0.05) is 18.0 Å². The summed E-state index contributed by atoms with van der Waals surface area (Å²) < 4.78 is 5.40. The zero-order valence-electron chi connectivity index (χ0n) is 7.77. The molecule has 0 aliphatic carbocycles. The molecule has 0 unspecified atom stereocenters. The van der Waals surface area contributed by atoms with Crippen LogP contribution in [0.3, 0.4) is 0 Å². The van der Waals surface area contributed by atoms with Crippen molar-refractivity contribution in [3.63, 3.8) is 0 Å². The van der Waals surface area contributed by atoms with Gasteiger partial charge in [0.15, 0.2) is 0 Å². The number of nitrogens with one attached hydrogen (secondary N) is 1. The zero-order valence-corrected chi connectivity index (χ0v) is 7.77. The first-order valence-corrected chi connectivity index (χ1v) is 4.27. The molecule has 0 aliphatic heterocycles. The summed E-state index contributed by atoms with van der Waals surface area (Å²) in [7, 11) is 1.83. The molecule has 0 spiro atoms. The minimum absolute atomic E-state index is 0.526. The van der Waals surface area contributed by atoms with E-state index in [9.17, 15) is 0 Å². The smallest absolute Gasteiger partial charge is 0.247 e. The van der Waals surface area contributed by atoms with Crippen LogP contribution in [0.1, 0.15) is 5.89 Å². The molecule has 5 nitrogen and oxygen atoms in total. The lowest BCUT2D eigenvalue weighted by Gasteiger charge is -1.92. The lowest BCUT2D eigenvalue weighted by atomic mass is 10.3. The van der Waals surface area contributed by atoms with Crippen molar-refractivity contribution in [3.8, 4) is 11.5 Å². The van der Waals surface area contributed by atoms with E-state index in [-0.39, 0.29) is 0 Å². The fourth-order valence-electron chi connectivity index (χ4n) is 1.09. The first-order chi connectivity index (χ1) is 6.90. The van der Waals surface area contributed by atoms with Gasteiger partial charge in [0.2, 0.25) is 11.8 Å². The van der Waals surface area contributed by atoms with E-state index in [1.165, 1.54) is 0 Å². The summed E-state index contributed by atoms with van der Waals surface area (Å²) in [6, 6.07) is 3.66. The molecule has 2 heterocycles. The molecule has 72 valence electrons. The molecule has 0 aromatic carbocycles. The molecule has 2 rings (SSSR count). The van der Waals surface area contributed by atoms with Gasteiger partial charge in [-0.1, -0.05) is 0 Å². The molecule has 0 radical (unpaired) electrons. The Balaban J connectivity index is 2.25. The largest absolute Gasteiger partial charge is 0.419 e. The van der Waals surface area contributed by atoms with Crippen LogP contribution in [0.4, 0.5) is 0 Å². The minimum atomic E-state index is 0.526. The van der Waals surface area contributed by atoms with Crippen LogP contribution < -0.4 is 5.32 Å². The Hall–Kier alpha value is -1.75. The van der Waals surface area contributed by atoms with Gasteiger partial charge in [-0.2, -0.15) is 0 Å². The maximum atomic E-state index is 5.40. The van der Waals surface area contributed by atoms with E-state index in [4.69, 9.17) is 4.42 Å². The summed E-state index contributed by atoms with van der Waals surface area (Å²) in [5.41, 5.74) is 0.884. The van der Waals surface area contributed by atoms with Gasteiger partial charge in [-0.25, -0.2) is 0 Å². The molecule has 2 aromatic heterocycles. The van der Waals surface area contributed by atoms with Gasteiger partial charge in [0.25, 0.3) is 0 Å². The maximum Gasteiger partial charge on any atom is 0.247 e. The number of hydrogen-bond acceptors (Lipinski definition) is 5. The first kappa shape index (κ1) is 8.83. The summed E-state index contributed by atoms with van der Waals surface area (Å²) in [4.78, 5) is 3.91. The molecule has 5 heteroatoms. The lowest BCUT2D eigenvalue weighted by molar-refractivity contribution is 0.490. The van der Waals surface area contributed by atoms with Crippen molar-refractivity contribution < 1.29 is 4.42 Å². The van der Waals surface area contributed by atoms with Gasteiger partial charge in [0.1, 0.15) is 0 Å². The van der Waals surface area contributed by atoms with E-state index in [1.807, 2.05) is 19.2 Å². The summed E-state index contributed by atoms with van der Waals surface area (Å²) >= 11 is 0. The van der Waals surface area contributed by atoms with Crippen molar-refractivity contribution in [1.29, 1.82) is 0 Å². The van der Waals surface area contributed by atoms with E-state index in [2.05, 4.69) is 20.5 Å². The van der Waals surface area contributed by atoms with Gasteiger partial charge < -0.3 is 9.73 Å². The third-order valence-corrected chi connectivity index (χ3v) is 1.72. The van der Waals surface area contributed by atoms with E-state index in [0.717, 1.165) is 5.56 Å². The van der Waals surface area contributed by atoms with Crippen LogP contribution in [0, 0.1) is 0 Å². The molecule has 0 saturated heterocycles. The molecule has 0 atom stereocenters. The second kappa shape index (κ2) is 3.97. The van der Waals surface area contributed by atoms with Crippen LogP contribution in [-0.2, 0) is 6.54 Å². The third kappa shape index (κ3) is 1.77. The molecule has 0 bridgehead atoms. The Morgan fingerprint density at radius 2 is 2.07 bits per heavy atom. The molecule has 0 aliphatic rings. The predicted octanol–water partition coefficient (Wildman–Crippen LogP) is 0.851. The third-order valence-electron chi connectivity index (χ3n) is 1.72. The number of nitrogens with zero attached hydrogens (tertiary/aromatic N) is 3. The highest BCUT2D eigenvalue weighted by atomic mass is 16.4. The van der Waals surface area contributed by atoms with Crippen molar-refractivity contribution in [1.82, 2.24) is 20.5 Å². The monoisotopic (exact) mass is 190 g/mol. The Labute approximate surface area is 81.2 Å². The van der Waals surface area contributed by atoms with E-state index in [1.54, 1.807) is 12.4 Å². The van der Waals surface area contributed by atoms with Crippen LogP contribution in [0.2, 0.25) is 0 Å². The van der Waals surface area contributed by atoms with E-state index in [0.29, 0.717) is 18.3 Å². The number of pyridine rings is 1. The molecular formula is C9H10N4O. The first-order valence-electron chi connectivity index (χ1n) is 4.27. The van der Waals surface area contributed by atoms with Crippen LogP contribution in [0.5, 0.6) is 0 Å². The van der Waals surface area contributed by atoms with Crippen LogP contribution in [0.25, 0.3) is 11.5 Å². The Bertz CT molecular complexity index is 398. The highest BCUT2D eigenvalue weighted by molar-refractivity contribution is 5.50.